The summed E-state index contributed by atoms with van der Waals surface area (Å²) >= 11 is 5.40. The molecule has 0 saturated heterocycles. The van der Waals surface area contributed by atoms with Crippen LogP contribution in [0.4, 0.5) is 5.69 Å². The maximum absolute atomic E-state index is 11.0. The van der Waals surface area contributed by atoms with Crippen molar-refractivity contribution < 1.29 is 5.17 Å². The van der Waals surface area contributed by atoms with Crippen molar-refractivity contribution in [3.63, 3.8) is 0 Å². The summed E-state index contributed by atoms with van der Waals surface area (Å²) in [5.74, 6) is 0.360. The number of hydrogen-bond acceptors (Lipinski definition) is 2. The molecule has 4 heteroatoms. The van der Waals surface area contributed by atoms with Crippen LogP contribution in [0.1, 0.15) is 0 Å². The number of halogens is 1. The lowest BCUT2D eigenvalue weighted by molar-refractivity contribution is -0.821. The van der Waals surface area contributed by atoms with Gasteiger partial charge in [-0.15, -0.1) is 11.6 Å². The van der Waals surface area contributed by atoms with Crippen LogP contribution in [0.2, 0.25) is 0 Å². The fourth-order valence-corrected chi connectivity index (χ4v) is 1.00. The molecule has 0 spiro atoms. The van der Waals surface area contributed by atoms with Crippen molar-refractivity contribution in [2.24, 2.45) is 0 Å². The van der Waals surface area contributed by atoms with E-state index < -0.39 is 0 Å². The summed E-state index contributed by atoms with van der Waals surface area (Å²) in [5, 5.41) is 11.0. The number of hydrogen-bond donors (Lipinski definition) is 2. The Morgan fingerprint density at radius 3 is 2.58 bits per heavy atom. The van der Waals surface area contributed by atoms with Crippen molar-refractivity contribution in [3.8, 4) is 0 Å². The van der Waals surface area contributed by atoms with Gasteiger partial charge in [0.05, 0.1) is 11.6 Å². The highest BCUT2D eigenvalue weighted by atomic mass is 35.5. The van der Waals surface area contributed by atoms with Gasteiger partial charge in [-0.2, -0.15) is 0 Å². The fraction of sp³-hybridized carbons (Fsp3) is 0.250. The van der Waals surface area contributed by atoms with Crippen molar-refractivity contribution in [2.75, 3.05) is 17.9 Å². The first-order valence-electron chi connectivity index (χ1n) is 3.74. The van der Waals surface area contributed by atoms with Gasteiger partial charge in [0.1, 0.15) is 6.54 Å². The summed E-state index contributed by atoms with van der Waals surface area (Å²) in [7, 11) is 0. The third kappa shape index (κ3) is 3.09. The largest absolute Gasteiger partial charge is 0.608 e. The molecule has 3 nitrogen and oxygen atoms in total. The first-order valence-corrected chi connectivity index (χ1v) is 4.27. The summed E-state index contributed by atoms with van der Waals surface area (Å²) in [4.78, 5) is 0. The van der Waals surface area contributed by atoms with Gasteiger partial charge in [0.25, 0.3) is 0 Å². The molecule has 0 fully saturated rings. The van der Waals surface area contributed by atoms with Gasteiger partial charge in [0.15, 0.2) is 0 Å². The second-order valence-electron chi connectivity index (χ2n) is 2.35. The van der Waals surface area contributed by atoms with Crippen molar-refractivity contribution in [3.05, 3.63) is 35.5 Å². The minimum absolute atomic E-state index is 0.0452. The van der Waals surface area contributed by atoms with Crippen LogP contribution in [-0.4, -0.2) is 12.4 Å². The average Bonchev–Trinajstić information content (AvgIpc) is 2.06. The Bertz CT molecular complexity index is 218. The molecule has 66 valence electrons. The predicted molar refractivity (Wildman–Crippen MR) is 50.0 cm³/mol. The number of alkyl halides is 1. The van der Waals surface area contributed by atoms with E-state index in [4.69, 9.17) is 11.6 Å². The van der Waals surface area contributed by atoms with Crippen molar-refractivity contribution in [1.82, 2.24) is 0 Å². The zero-order valence-electron chi connectivity index (χ0n) is 6.59. The van der Waals surface area contributed by atoms with Gasteiger partial charge in [0, 0.05) is 0 Å². The Labute approximate surface area is 76.5 Å². The van der Waals surface area contributed by atoms with Gasteiger partial charge in [0.2, 0.25) is 0 Å². The van der Waals surface area contributed by atoms with Crippen LogP contribution in [0.3, 0.4) is 0 Å². The van der Waals surface area contributed by atoms with Gasteiger partial charge >= 0.3 is 0 Å². The van der Waals surface area contributed by atoms with Crippen molar-refractivity contribution in [1.29, 1.82) is 0 Å². The maximum Gasteiger partial charge on any atom is 0.113 e. The van der Waals surface area contributed by atoms with Crippen LogP contribution in [0.15, 0.2) is 30.3 Å². The molecule has 1 aromatic rings. The summed E-state index contributed by atoms with van der Waals surface area (Å²) in [5.41, 5.74) is 3.53. The number of quaternary nitrogens is 1. The van der Waals surface area contributed by atoms with Gasteiger partial charge in [-0.25, -0.2) is 5.43 Å². The number of benzene rings is 1. The summed E-state index contributed by atoms with van der Waals surface area (Å²) in [6.07, 6.45) is 0. The third-order valence-corrected chi connectivity index (χ3v) is 1.57. The van der Waals surface area contributed by atoms with Gasteiger partial charge in [-0.05, 0) is 12.1 Å². The lowest BCUT2D eigenvalue weighted by atomic mass is 10.3. The van der Waals surface area contributed by atoms with E-state index in [1.807, 2.05) is 30.3 Å². The van der Waals surface area contributed by atoms with E-state index >= 15 is 0 Å². The van der Waals surface area contributed by atoms with E-state index in [2.05, 4.69) is 5.43 Å². The Morgan fingerprint density at radius 2 is 2.00 bits per heavy atom. The average molecular weight is 187 g/mol. The topological polar surface area (TPSA) is 39.5 Å². The van der Waals surface area contributed by atoms with E-state index in [1.54, 1.807) is 0 Å². The van der Waals surface area contributed by atoms with E-state index in [1.165, 1.54) is 0 Å². The lowest BCUT2D eigenvalue weighted by Crippen LogP contribution is -3.11. The zero-order valence-corrected chi connectivity index (χ0v) is 7.34. The van der Waals surface area contributed by atoms with Crippen LogP contribution in [0.5, 0.6) is 0 Å². The Kier molecular flexibility index (Phi) is 3.87. The minimum atomic E-state index is -0.0452. The molecule has 1 aromatic carbocycles. The number of anilines is 1. The highest BCUT2D eigenvalue weighted by molar-refractivity contribution is 6.17. The maximum atomic E-state index is 11.0. The van der Waals surface area contributed by atoms with Gasteiger partial charge < -0.3 is 5.21 Å². The monoisotopic (exact) mass is 186 g/mol. The minimum Gasteiger partial charge on any atom is -0.608 e. The van der Waals surface area contributed by atoms with E-state index in [-0.39, 0.29) is 5.17 Å². The Hall–Kier alpha value is -0.770. The van der Waals surface area contributed by atoms with E-state index in [0.717, 1.165) is 5.69 Å². The molecule has 0 bridgehead atoms. The molecule has 1 rings (SSSR count). The number of para-hydroxylation sites is 1. The quantitative estimate of drug-likeness (QED) is 0.535. The Morgan fingerprint density at radius 1 is 1.33 bits per heavy atom. The molecule has 0 aliphatic heterocycles. The Balaban J connectivity index is 2.41. The molecule has 2 N–H and O–H groups in total. The van der Waals surface area contributed by atoms with Gasteiger partial charge in [-0.3, -0.25) is 5.17 Å². The van der Waals surface area contributed by atoms with Crippen molar-refractivity contribution >= 4 is 17.3 Å². The summed E-state index contributed by atoms with van der Waals surface area (Å²) in [6, 6.07) is 9.32. The molecule has 0 heterocycles. The number of rotatable bonds is 4. The lowest BCUT2D eigenvalue weighted by Gasteiger charge is -2.21. The van der Waals surface area contributed by atoms with E-state index in [9.17, 15) is 5.21 Å². The molecule has 0 saturated carbocycles. The molecule has 1 atom stereocenters. The molecule has 12 heavy (non-hydrogen) atoms. The highest BCUT2D eigenvalue weighted by Gasteiger charge is 1.94. The highest BCUT2D eigenvalue weighted by Crippen LogP contribution is 2.00. The smallest absolute Gasteiger partial charge is 0.113 e. The second-order valence-corrected chi connectivity index (χ2v) is 2.73. The first-order chi connectivity index (χ1) is 5.83. The fourth-order valence-electron chi connectivity index (χ4n) is 0.831. The van der Waals surface area contributed by atoms with Crippen LogP contribution in [0.25, 0.3) is 0 Å². The molecular formula is C8H11ClN2O. The third-order valence-electron chi connectivity index (χ3n) is 1.38. The predicted octanol–water partition coefficient (Wildman–Crippen LogP) is 0.635. The van der Waals surface area contributed by atoms with Crippen molar-refractivity contribution in [2.45, 2.75) is 0 Å². The molecule has 0 aliphatic rings. The zero-order chi connectivity index (χ0) is 8.81. The van der Waals surface area contributed by atoms with Crippen LogP contribution >= 0.6 is 11.6 Å². The van der Waals surface area contributed by atoms with Crippen LogP contribution in [-0.2, 0) is 0 Å². The molecule has 0 amide bonds. The normalized spacial score (nSPS) is 12.5. The van der Waals surface area contributed by atoms with Crippen LogP contribution in [0, 0.1) is 5.21 Å². The van der Waals surface area contributed by atoms with Gasteiger partial charge in [-0.1, -0.05) is 18.2 Å². The number of nitrogens with one attached hydrogen (secondary N) is 2. The first kappa shape index (κ1) is 9.32. The summed E-state index contributed by atoms with van der Waals surface area (Å²) in [6.45, 7) is 0.358. The van der Waals surface area contributed by atoms with E-state index in [0.29, 0.717) is 12.4 Å². The SMILES string of the molecule is [O-][NH+](CCCl)Nc1ccccc1. The standard InChI is InChI=1S/C8H11ClN2O/c9-6-7-11(12)10-8-4-2-1-3-5-8/h1-5,10-11H,6-7H2. The van der Waals surface area contributed by atoms with Crippen LogP contribution < -0.4 is 10.6 Å². The molecule has 0 aromatic heterocycles. The molecule has 1 unspecified atom stereocenters. The molecular weight excluding hydrogens is 176 g/mol. The second kappa shape index (κ2) is 4.98. The summed E-state index contributed by atoms with van der Waals surface area (Å²) < 4.78 is 0. The molecule has 0 radical (unpaired) electrons. The molecule has 0 aliphatic carbocycles. The number of hydroxylamine groups is 1.